The number of piperidine rings is 2. The first-order valence-electron chi connectivity index (χ1n) is 6.80. The summed E-state index contributed by atoms with van der Waals surface area (Å²) < 4.78 is 26.9. The molecule has 6 nitrogen and oxygen atoms in total. The second kappa shape index (κ2) is 5.40. The van der Waals surface area contributed by atoms with Gasteiger partial charge in [-0.2, -0.15) is 9.57 Å². The molecule has 2 atom stereocenters. The molecule has 21 heavy (non-hydrogen) atoms. The highest BCUT2D eigenvalue weighted by Gasteiger charge is 2.38. The van der Waals surface area contributed by atoms with Crippen LogP contribution in [0.15, 0.2) is 16.3 Å². The molecule has 0 saturated carbocycles. The maximum absolute atomic E-state index is 12.6. The van der Waals surface area contributed by atoms with E-state index in [1.807, 2.05) is 6.07 Å². The van der Waals surface area contributed by atoms with Gasteiger partial charge in [-0.1, -0.05) is 0 Å². The lowest BCUT2D eigenvalue weighted by Gasteiger charge is -2.40. The van der Waals surface area contributed by atoms with Crippen molar-refractivity contribution >= 4 is 27.3 Å². The first-order chi connectivity index (χ1) is 10.0. The molecule has 112 valence electrons. The smallest absolute Gasteiger partial charge is 0.252 e. The van der Waals surface area contributed by atoms with Crippen LogP contribution in [0.25, 0.3) is 0 Å². The van der Waals surface area contributed by atoms with Crippen molar-refractivity contribution in [1.82, 2.24) is 9.62 Å². The van der Waals surface area contributed by atoms with Gasteiger partial charge in [0.1, 0.15) is 15.2 Å². The van der Waals surface area contributed by atoms with Crippen LogP contribution in [0.4, 0.5) is 0 Å². The summed E-state index contributed by atoms with van der Waals surface area (Å²) in [5, 5.41) is 11.8. The maximum Gasteiger partial charge on any atom is 0.252 e. The van der Waals surface area contributed by atoms with Crippen LogP contribution >= 0.6 is 11.3 Å². The highest BCUT2D eigenvalue weighted by molar-refractivity contribution is 7.91. The van der Waals surface area contributed by atoms with Crippen LogP contribution in [0, 0.1) is 17.2 Å². The molecule has 3 rings (SSSR count). The van der Waals surface area contributed by atoms with E-state index in [2.05, 4.69) is 5.32 Å². The van der Waals surface area contributed by atoms with Crippen molar-refractivity contribution < 1.29 is 13.2 Å². The fraction of sp³-hybridized carbons (Fsp3) is 0.538. The number of nitriles is 1. The van der Waals surface area contributed by atoms with Crippen LogP contribution in [0.1, 0.15) is 24.1 Å². The van der Waals surface area contributed by atoms with Crippen molar-refractivity contribution in [3.05, 3.63) is 17.0 Å². The fourth-order valence-electron chi connectivity index (χ4n) is 2.94. The molecule has 0 bridgehead atoms. The molecule has 2 aliphatic rings. The summed E-state index contributed by atoms with van der Waals surface area (Å²) in [5.41, 5.74) is 0. The third-order valence-electron chi connectivity index (χ3n) is 4.07. The van der Waals surface area contributed by atoms with Gasteiger partial charge in [-0.15, -0.1) is 11.3 Å². The van der Waals surface area contributed by atoms with E-state index in [9.17, 15) is 13.2 Å². The highest BCUT2D eigenvalue weighted by atomic mass is 32.2. The lowest BCUT2D eigenvalue weighted by molar-refractivity contribution is -0.124. The Hall–Kier alpha value is -1.43. The van der Waals surface area contributed by atoms with Gasteiger partial charge in [0.05, 0.1) is 0 Å². The predicted molar refractivity (Wildman–Crippen MR) is 77.1 cm³/mol. The second-order valence-corrected chi connectivity index (χ2v) is 8.60. The third kappa shape index (κ3) is 2.69. The van der Waals surface area contributed by atoms with Crippen molar-refractivity contribution in [3.8, 4) is 6.07 Å². The lowest BCUT2D eigenvalue weighted by Crippen LogP contribution is -2.54. The van der Waals surface area contributed by atoms with Gasteiger partial charge in [-0.3, -0.25) is 4.79 Å². The Morgan fingerprint density at radius 3 is 2.90 bits per heavy atom. The van der Waals surface area contributed by atoms with Gasteiger partial charge in [0.2, 0.25) is 5.91 Å². The average molecular weight is 325 g/mol. The number of carbonyl (C=O) groups is 1. The van der Waals surface area contributed by atoms with Gasteiger partial charge in [-0.25, -0.2) is 8.42 Å². The summed E-state index contributed by atoms with van der Waals surface area (Å²) in [7, 11) is -3.53. The standard InChI is InChI=1S/C13H15N3O3S2/c14-7-10-2-4-13(20-10)21(18,19)16-6-5-11-9(8-16)1-3-12(17)15-11/h2,4,9,11H,1,3,5-6,8H2,(H,15,17). The molecular weight excluding hydrogens is 310 g/mol. The van der Waals surface area contributed by atoms with Crippen LogP contribution in [0.3, 0.4) is 0 Å². The largest absolute Gasteiger partial charge is 0.353 e. The molecule has 1 aromatic rings. The molecule has 8 heteroatoms. The van der Waals surface area contributed by atoms with Gasteiger partial charge in [0.15, 0.2) is 0 Å². The molecule has 0 aliphatic carbocycles. The van der Waals surface area contributed by atoms with Crippen LogP contribution < -0.4 is 5.32 Å². The van der Waals surface area contributed by atoms with Gasteiger partial charge in [-0.05, 0) is 30.9 Å². The minimum Gasteiger partial charge on any atom is -0.353 e. The van der Waals surface area contributed by atoms with Crippen LogP contribution in [0.5, 0.6) is 0 Å². The number of thiophene rings is 1. The normalized spacial score (nSPS) is 26.7. The van der Waals surface area contributed by atoms with Crippen molar-refractivity contribution in [3.63, 3.8) is 0 Å². The Bertz CT molecular complexity index is 704. The molecule has 2 unspecified atom stereocenters. The number of fused-ring (bicyclic) bond motifs is 1. The first kappa shape index (κ1) is 14.5. The van der Waals surface area contributed by atoms with Gasteiger partial charge >= 0.3 is 0 Å². The van der Waals surface area contributed by atoms with Crippen LogP contribution in [-0.4, -0.2) is 37.8 Å². The molecule has 2 aliphatic heterocycles. The number of carbonyl (C=O) groups excluding carboxylic acids is 1. The molecule has 0 radical (unpaired) electrons. The van der Waals surface area contributed by atoms with E-state index >= 15 is 0 Å². The quantitative estimate of drug-likeness (QED) is 0.875. The van der Waals surface area contributed by atoms with Crippen molar-refractivity contribution in [2.45, 2.75) is 29.5 Å². The van der Waals surface area contributed by atoms with Crippen molar-refractivity contribution in [2.24, 2.45) is 5.92 Å². The van der Waals surface area contributed by atoms with E-state index in [4.69, 9.17) is 5.26 Å². The number of sulfonamides is 1. The number of hydrogen-bond donors (Lipinski definition) is 1. The number of hydrogen-bond acceptors (Lipinski definition) is 5. The molecule has 1 aromatic heterocycles. The van der Waals surface area contributed by atoms with E-state index in [1.165, 1.54) is 16.4 Å². The van der Waals surface area contributed by atoms with Crippen LogP contribution in [0.2, 0.25) is 0 Å². The van der Waals surface area contributed by atoms with E-state index < -0.39 is 10.0 Å². The number of rotatable bonds is 2. The topological polar surface area (TPSA) is 90.3 Å². The highest BCUT2D eigenvalue weighted by Crippen LogP contribution is 2.31. The summed E-state index contributed by atoms with van der Waals surface area (Å²) in [6.07, 6.45) is 1.84. The zero-order valence-electron chi connectivity index (χ0n) is 11.3. The van der Waals surface area contributed by atoms with E-state index in [0.717, 1.165) is 17.8 Å². The van der Waals surface area contributed by atoms with Crippen molar-refractivity contribution in [2.75, 3.05) is 13.1 Å². The monoisotopic (exact) mass is 325 g/mol. The predicted octanol–water partition coefficient (Wildman–Crippen LogP) is 0.909. The second-order valence-electron chi connectivity index (χ2n) is 5.35. The zero-order chi connectivity index (χ0) is 15.0. The Morgan fingerprint density at radius 1 is 1.38 bits per heavy atom. The molecule has 1 N–H and O–H groups in total. The number of amides is 1. The molecule has 3 heterocycles. The Balaban J connectivity index is 1.78. The Morgan fingerprint density at radius 2 is 2.19 bits per heavy atom. The maximum atomic E-state index is 12.6. The molecule has 2 fully saturated rings. The fourth-order valence-corrected chi connectivity index (χ4v) is 5.71. The van der Waals surface area contributed by atoms with Gasteiger partial charge < -0.3 is 5.32 Å². The van der Waals surface area contributed by atoms with E-state index in [-0.39, 0.29) is 22.1 Å². The van der Waals surface area contributed by atoms with Gasteiger partial charge in [0.25, 0.3) is 10.0 Å². The summed E-state index contributed by atoms with van der Waals surface area (Å²) in [6.45, 7) is 0.844. The number of nitrogens with zero attached hydrogens (tertiary/aromatic N) is 2. The molecule has 1 amide bonds. The van der Waals surface area contributed by atoms with Crippen molar-refractivity contribution in [1.29, 1.82) is 5.26 Å². The van der Waals surface area contributed by atoms with Crippen LogP contribution in [-0.2, 0) is 14.8 Å². The Labute approximate surface area is 127 Å². The zero-order valence-corrected chi connectivity index (χ0v) is 12.9. The molecule has 0 spiro atoms. The van der Waals surface area contributed by atoms with E-state index in [1.54, 1.807) is 0 Å². The summed E-state index contributed by atoms with van der Waals surface area (Å²) >= 11 is 1.00. The number of nitrogens with one attached hydrogen (secondary N) is 1. The molecule has 0 aromatic carbocycles. The first-order valence-corrected chi connectivity index (χ1v) is 9.06. The van der Waals surface area contributed by atoms with E-state index in [0.29, 0.717) is 30.8 Å². The SMILES string of the molecule is N#Cc1ccc(S(=O)(=O)N2CCC3NC(=O)CCC3C2)s1. The Kier molecular flexibility index (Phi) is 3.73. The lowest BCUT2D eigenvalue weighted by atomic mass is 9.86. The van der Waals surface area contributed by atoms with Gasteiger partial charge in [0, 0.05) is 25.6 Å². The summed E-state index contributed by atoms with van der Waals surface area (Å²) in [6, 6.07) is 5.08. The average Bonchev–Trinajstić information content (AvgIpc) is 2.96. The summed E-state index contributed by atoms with van der Waals surface area (Å²) in [5.74, 6) is 0.242. The summed E-state index contributed by atoms with van der Waals surface area (Å²) in [4.78, 5) is 11.8. The molecular formula is C13H15N3O3S2. The molecule has 2 saturated heterocycles. The minimum absolute atomic E-state index is 0.0597. The third-order valence-corrected chi connectivity index (χ3v) is 7.39. The minimum atomic E-state index is -3.53.